The van der Waals surface area contributed by atoms with Crippen molar-refractivity contribution in [2.24, 2.45) is 0 Å². The van der Waals surface area contributed by atoms with E-state index in [1.807, 2.05) is 6.92 Å². The number of rotatable bonds is 4. The number of methoxy groups -OCH3 is 1. The second-order valence-corrected chi connectivity index (χ2v) is 7.14. The first-order valence-corrected chi connectivity index (χ1v) is 8.31. The summed E-state index contributed by atoms with van der Waals surface area (Å²) in [4.78, 5) is -0.0318. The van der Waals surface area contributed by atoms with Crippen LogP contribution in [0.15, 0.2) is 17.0 Å². The summed E-state index contributed by atoms with van der Waals surface area (Å²) in [7, 11) is -2.40. The first kappa shape index (κ1) is 16.5. The summed E-state index contributed by atoms with van der Waals surface area (Å²) in [5.74, 6) is 0.126. The van der Waals surface area contributed by atoms with Gasteiger partial charge in [-0.15, -0.1) is 0 Å². The second kappa shape index (κ2) is 6.50. The molecule has 118 valence electrons. The van der Waals surface area contributed by atoms with E-state index in [0.29, 0.717) is 12.2 Å². The molecule has 0 radical (unpaired) electrons. The molecule has 1 aromatic carbocycles. The van der Waals surface area contributed by atoms with Crippen molar-refractivity contribution >= 4 is 21.6 Å². The van der Waals surface area contributed by atoms with Crippen molar-refractivity contribution < 1.29 is 23.0 Å². The van der Waals surface area contributed by atoms with Gasteiger partial charge in [0.15, 0.2) is 0 Å². The third-order valence-corrected chi connectivity index (χ3v) is 5.38. The van der Waals surface area contributed by atoms with Crippen molar-refractivity contribution in [3.63, 3.8) is 0 Å². The summed E-state index contributed by atoms with van der Waals surface area (Å²) in [6.07, 6.45) is -0.170. The number of nitrogens with zero attached hydrogens (tertiary/aromatic N) is 1. The number of aliphatic hydroxyl groups excluding tert-OH is 1. The van der Waals surface area contributed by atoms with Crippen molar-refractivity contribution in [2.45, 2.75) is 24.5 Å². The molecule has 0 aliphatic carbocycles. The van der Waals surface area contributed by atoms with Gasteiger partial charge in [0.2, 0.25) is 10.0 Å². The Kier molecular flexibility index (Phi) is 5.11. The molecule has 1 aliphatic rings. The Labute approximate surface area is 129 Å². The van der Waals surface area contributed by atoms with Crippen molar-refractivity contribution in [2.75, 3.05) is 26.8 Å². The molecule has 1 aliphatic heterocycles. The van der Waals surface area contributed by atoms with Crippen molar-refractivity contribution in [1.82, 2.24) is 4.31 Å². The predicted octanol–water partition coefficient (Wildman–Crippen LogP) is 1.25. The quantitative estimate of drug-likeness (QED) is 0.896. The fourth-order valence-corrected chi connectivity index (χ4v) is 4.34. The standard InChI is InChI=1S/C13H18ClNO5S/c1-9-7-15(3-4-20-9)21(17,18)12-6-11(14)5-10(8-16)13(12)19-2/h5-6,9,16H,3-4,7-8H2,1-2H3. The van der Waals surface area contributed by atoms with Crippen LogP contribution in [0.25, 0.3) is 0 Å². The van der Waals surface area contributed by atoms with Gasteiger partial charge in [-0.1, -0.05) is 11.6 Å². The van der Waals surface area contributed by atoms with E-state index in [4.69, 9.17) is 21.1 Å². The zero-order valence-corrected chi connectivity index (χ0v) is 13.4. The number of aliphatic hydroxyl groups is 1. The van der Waals surface area contributed by atoms with Crippen LogP contribution < -0.4 is 4.74 Å². The molecule has 0 bridgehead atoms. The van der Waals surface area contributed by atoms with Gasteiger partial charge >= 0.3 is 0 Å². The molecule has 1 fully saturated rings. The Morgan fingerprint density at radius 2 is 2.24 bits per heavy atom. The van der Waals surface area contributed by atoms with E-state index in [2.05, 4.69) is 0 Å². The lowest BCUT2D eigenvalue weighted by molar-refractivity contribution is 0.0101. The van der Waals surface area contributed by atoms with E-state index in [-0.39, 0.29) is 41.5 Å². The number of sulfonamides is 1. The molecule has 1 atom stereocenters. The number of benzene rings is 1. The monoisotopic (exact) mass is 335 g/mol. The zero-order chi connectivity index (χ0) is 15.6. The minimum atomic E-state index is -3.76. The summed E-state index contributed by atoms with van der Waals surface area (Å²) < 4.78 is 37.4. The molecule has 0 amide bonds. The number of hydrogen-bond donors (Lipinski definition) is 1. The van der Waals surface area contributed by atoms with Crippen LogP contribution >= 0.6 is 11.6 Å². The maximum Gasteiger partial charge on any atom is 0.246 e. The molecule has 1 saturated heterocycles. The largest absolute Gasteiger partial charge is 0.495 e. The molecule has 0 spiro atoms. The Hall–Kier alpha value is -0.860. The molecular formula is C13H18ClNO5S. The highest BCUT2D eigenvalue weighted by Gasteiger charge is 2.32. The Morgan fingerprint density at radius 3 is 2.81 bits per heavy atom. The van der Waals surface area contributed by atoms with Crippen molar-refractivity contribution in [1.29, 1.82) is 0 Å². The molecule has 1 unspecified atom stereocenters. The van der Waals surface area contributed by atoms with Crippen LogP contribution in [0.1, 0.15) is 12.5 Å². The summed E-state index contributed by atoms with van der Waals surface area (Å²) in [5.41, 5.74) is 0.338. The molecule has 2 rings (SSSR count). The van der Waals surface area contributed by atoms with Gasteiger partial charge < -0.3 is 14.6 Å². The summed E-state index contributed by atoms with van der Waals surface area (Å²) in [6.45, 7) is 2.35. The average molecular weight is 336 g/mol. The maximum atomic E-state index is 12.8. The van der Waals surface area contributed by atoms with E-state index in [9.17, 15) is 13.5 Å². The van der Waals surface area contributed by atoms with Gasteiger partial charge in [0.05, 0.1) is 26.4 Å². The summed E-state index contributed by atoms with van der Waals surface area (Å²) in [5, 5.41) is 9.59. The van der Waals surface area contributed by atoms with E-state index in [1.165, 1.54) is 23.5 Å². The molecule has 1 heterocycles. The lowest BCUT2D eigenvalue weighted by atomic mass is 10.2. The van der Waals surface area contributed by atoms with Gasteiger partial charge in [-0.3, -0.25) is 0 Å². The van der Waals surface area contributed by atoms with Gasteiger partial charge in [0.25, 0.3) is 0 Å². The topological polar surface area (TPSA) is 76.1 Å². The molecule has 1 aromatic rings. The third kappa shape index (κ3) is 3.32. The first-order valence-electron chi connectivity index (χ1n) is 6.49. The molecular weight excluding hydrogens is 318 g/mol. The van der Waals surface area contributed by atoms with Gasteiger partial charge in [-0.05, 0) is 19.1 Å². The fraction of sp³-hybridized carbons (Fsp3) is 0.538. The van der Waals surface area contributed by atoms with Gasteiger partial charge in [0.1, 0.15) is 10.6 Å². The molecule has 8 heteroatoms. The normalized spacial score (nSPS) is 20.5. The lowest BCUT2D eigenvalue weighted by Crippen LogP contribution is -2.44. The molecule has 0 saturated carbocycles. The second-order valence-electron chi connectivity index (χ2n) is 4.80. The zero-order valence-electron chi connectivity index (χ0n) is 11.9. The average Bonchev–Trinajstić information content (AvgIpc) is 2.46. The highest BCUT2D eigenvalue weighted by molar-refractivity contribution is 7.89. The Morgan fingerprint density at radius 1 is 1.52 bits per heavy atom. The van der Waals surface area contributed by atoms with Crippen LogP contribution in [0.4, 0.5) is 0 Å². The summed E-state index contributed by atoms with van der Waals surface area (Å²) in [6, 6.07) is 2.83. The van der Waals surface area contributed by atoms with E-state index >= 15 is 0 Å². The van der Waals surface area contributed by atoms with Gasteiger partial charge in [-0.25, -0.2) is 8.42 Å². The van der Waals surface area contributed by atoms with Crippen molar-refractivity contribution in [3.8, 4) is 5.75 Å². The Bertz CT molecular complexity index is 619. The lowest BCUT2D eigenvalue weighted by Gasteiger charge is -2.30. The highest BCUT2D eigenvalue weighted by atomic mass is 35.5. The van der Waals surface area contributed by atoms with E-state index in [1.54, 1.807) is 0 Å². The minimum Gasteiger partial charge on any atom is -0.495 e. The van der Waals surface area contributed by atoms with Crippen LogP contribution in [-0.2, 0) is 21.4 Å². The summed E-state index contributed by atoms with van der Waals surface area (Å²) >= 11 is 5.96. The highest BCUT2D eigenvalue weighted by Crippen LogP contribution is 2.34. The molecule has 0 aromatic heterocycles. The molecule has 6 nitrogen and oxygen atoms in total. The Balaban J connectivity index is 2.51. The van der Waals surface area contributed by atoms with E-state index < -0.39 is 10.0 Å². The van der Waals surface area contributed by atoms with E-state index in [0.717, 1.165) is 0 Å². The number of morpholine rings is 1. The van der Waals surface area contributed by atoms with Crippen LogP contribution in [0.5, 0.6) is 5.75 Å². The first-order chi connectivity index (χ1) is 9.90. The molecule has 1 N–H and O–H groups in total. The van der Waals surface area contributed by atoms with Gasteiger partial charge in [0, 0.05) is 23.7 Å². The predicted molar refractivity (Wildman–Crippen MR) is 78.1 cm³/mol. The van der Waals surface area contributed by atoms with Crippen LogP contribution in [0.3, 0.4) is 0 Å². The van der Waals surface area contributed by atoms with Crippen LogP contribution in [0.2, 0.25) is 5.02 Å². The SMILES string of the molecule is COc1c(CO)cc(Cl)cc1S(=O)(=O)N1CCOC(C)C1. The maximum absolute atomic E-state index is 12.8. The molecule has 21 heavy (non-hydrogen) atoms. The van der Waals surface area contributed by atoms with Crippen molar-refractivity contribution in [3.05, 3.63) is 22.7 Å². The number of ether oxygens (including phenoxy) is 2. The smallest absolute Gasteiger partial charge is 0.246 e. The minimum absolute atomic E-state index is 0.0318. The van der Waals surface area contributed by atoms with Gasteiger partial charge in [-0.2, -0.15) is 4.31 Å². The van der Waals surface area contributed by atoms with Crippen LogP contribution in [-0.4, -0.2) is 50.7 Å². The third-order valence-electron chi connectivity index (χ3n) is 3.29. The fourth-order valence-electron chi connectivity index (χ4n) is 2.31. The number of halogens is 1. The van der Waals surface area contributed by atoms with Crippen LogP contribution in [0, 0.1) is 0 Å². The number of hydrogen-bond acceptors (Lipinski definition) is 5.